The molecule has 0 saturated carbocycles. The van der Waals surface area contributed by atoms with E-state index in [-0.39, 0.29) is 0 Å². The monoisotopic (exact) mass is 304 g/mol. The Hall–Kier alpha value is -0.390. The molecule has 0 amide bonds. The zero-order valence-corrected chi connectivity index (χ0v) is 10.5. The Morgan fingerprint density at radius 1 is 1.29 bits per heavy atom. The molecule has 0 unspecified atom stereocenters. The van der Waals surface area contributed by atoms with Gasteiger partial charge in [0.05, 0.1) is 0 Å². The molecule has 3 nitrogen and oxygen atoms in total. The van der Waals surface area contributed by atoms with E-state index in [2.05, 4.69) is 19.8 Å². The number of rotatable bonds is 2. The molecular weight excluding hydrogens is 289 g/mol. The van der Waals surface area contributed by atoms with Crippen LogP contribution in [0, 0.1) is 0 Å². The first kappa shape index (κ1) is 10.1. The van der Waals surface area contributed by atoms with Crippen molar-refractivity contribution in [1.82, 2.24) is 9.97 Å². The van der Waals surface area contributed by atoms with Gasteiger partial charge in [-0.25, -0.2) is 0 Å². The number of halogens is 1. The second-order valence-corrected chi connectivity index (χ2v) is 6.44. The zero-order valence-electron chi connectivity index (χ0n) is 8.36. The third kappa shape index (κ3) is 2.34. The Kier molecular flexibility index (Phi) is 3.55. The number of hydrogen-bond donors (Lipinski definition) is 0. The summed E-state index contributed by atoms with van der Waals surface area (Å²) in [7, 11) is 0. The fourth-order valence-corrected chi connectivity index (χ4v) is 3.52. The van der Waals surface area contributed by atoms with Crippen molar-refractivity contribution in [2.45, 2.75) is 16.8 Å². The number of nitrogens with zero attached hydrogens (tertiary/aromatic N) is 3. The molecular formula is C10H15IN3-. The summed E-state index contributed by atoms with van der Waals surface area (Å²) in [5.74, 6) is 0.903. The van der Waals surface area contributed by atoms with Crippen LogP contribution in [0.25, 0.3) is 0 Å². The third-order valence-electron chi connectivity index (χ3n) is 2.57. The minimum atomic E-state index is 0.429. The van der Waals surface area contributed by atoms with Gasteiger partial charge in [-0.05, 0) is 0 Å². The third-order valence-corrected chi connectivity index (χ3v) is 5.58. The van der Waals surface area contributed by atoms with Crippen LogP contribution in [0.5, 0.6) is 0 Å². The van der Waals surface area contributed by atoms with Crippen molar-refractivity contribution >= 4 is 5.95 Å². The molecule has 0 N–H and O–H groups in total. The summed E-state index contributed by atoms with van der Waals surface area (Å²) >= 11 is 0.429. The molecule has 0 bridgehead atoms. The average Bonchev–Trinajstić information content (AvgIpc) is 2.30. The van der Waals surface area contributed by atoms with Crippen LogP contribution >= 0.6 is 0 Å². The van der Waals surface area contributed by atoms with Gasteiger partial charge in [-0.15, -0.1) is 0 Å². The molecule has 0 aliphatic carbocycles. The van der Waals surface area contributed by atoms with E-state index in [9.17, 15) is 0 Å². The van der Waals surface area contributed by atoms with Gasteiger partial charge >= 0.3 is 95.3 Å². The van der Waals surface area contributed by atoms with Gasteiger partial charge in [0.15, 0.2) is 0 Å². The first-order chi connectivity index (χ1) is 6.90. The van der Waals surface area contributed by atoms with E-state index in [1.165, 1.54) is 12.8 Å². The summed E-state index contributed by atoms with van der Waals surface area (Å²) < 4.78 is 1.02. The van der Waals surface area contributed by atoms with Gasteiger partial charge in [0, 0.05) is 0 Å². The molecule has 4 heteroatoms. The van der Waals surface area contributed by atoms with Gasteiger partial charge in [-0.2, -0.15) is 0 Å². The van der Waals surface area contributed by atoms with Crippen LogP contribution < -0.4 is 26.1 Å². The summed E-state index contributed by atoms with van der Waals surface area (Å²) in [6, 6.07) is 1.87. The van der Waals surface area contributed by atoms with Gasteiger partial charge < -0.3 is 0 Å². The van der Waals surface area contributed by atoms with Crippen LogP contribution in [-0.4, -0.2) is 31.9 Å². The molecule has 0 atom stereocenters. The van der Waals surface area contributed by atoms with E-state index >= 15 is 0 Å². The number of aromatic nitrogens is 2. The van der Waals surface area contributed by atoms with E-state index in [1.54, 1.807) is 0 Å². The maximum absolute atomic E-state index is 4.28. The Morgan fingerprint density at radius 2 is 1.93 bits per heavy atom. The number of piperidine rings is 1. The number of anilines is 1. The predicted octanol–water partition coefficient (Wildman–Crippen LogP) is -1.84. The molecule has 1 aliphatic rings. The van der Waals surface area contributed by atoms with Crippen molar-refractivity contribution in [1.29, 1.82) is 0 Å². The van der Waals surface area contributed by atoms with Crippen LogP contribution in [0.15, 0.2) is 18.5 Å². The molecule has 2 heterocycles. The van der Waals surface area contributed by atoms with Crippen molar-refractivity contribution in [3.63, 3.8) is 0 Å². The van der Waals surface area contributed by atoms with Crippen LogP contribution in [0.1, 0.15) is 12.8 Å². The molecule has 1 aromatic rings. The molecule has 2 rings (SSSR count). The van der Waals surface area contributed by atoms with E-state index in [0.29, 0.717) is 21.2 Å². The van der Waals surface area contributed by atoms with Crippen LogP contribution in [0.4, 0.5) is 5.95 Å². The van der Waals surface area contributed by atoms with Gasteiger partial charge in [0.1, 0.15) is 0 Å². The van der Waals surface area contributed by atoms with Crippen LogP contribution in [0.3, 0.4) is 0 Å². The van der Waals surface area contributed by atoms with Gasteiger partial charge in [0.25, 0.3) is 0 Å². The summed E-state index contributed by atoms with van der Waals surface area (Å²) in [6.45, 7) is 2.28. The SMILES string of the molecule is C[I-]C1CCN(c2ncccn2)CC1. The van der Waals surface area contributed by atoms with Gasteiger partial charge in [0.2, 0.25) is 0 Å². The molecule has 1 saturated heterocycles. The average molecular weight is 304 g/mol. The van der Waals surface area contributed by atoms with Crippen molar-refractivity contribution in [2.24, 2.45) is 0 Å². The normalized spacial score (nSPS) is 18.8. The fourth-order valence-electron chi connectivity index (χ4n) is 1.72. The summed E-state index contributed by atoms with van der Waals surface area (Å²) in [5, 5.41) is 0. The van der Waals surface area contributed by atoms with Crippen LogP contribution in [-0.2, 0) is 0 Å². The molecule has 1 aromatic heterocycles. The second kappa shape index (κ2) is 4.91. The van der Waals surface area contributed by atoms with E-state index in [4.69, 9.17) is 0 Å². The first-order valence-corrected chi connectivity index (χ1v) is 8.30. The van der Waals surface area contributed by atoms with Gasteiger partial charge in [-0.3, -0.25) is 0 Å². The van der Waals surface area contributed by atoms with E-state index < -0.39 is 0 Å². The predicted molar refractivity (Wildman–Crippen MR) is 53.2 cm³/mol. The van der Waals surface area contributed by atoms with Crippen molar-refractivity contribution in [3.8, 4) is 0 Å². The minimum absolute atomic E-state index is 0.429. The zero-order chi connectivity index (χ0) is 9.80. The van der Waals surface area contributed by atoms with Gasteiger partial charge in [-0.1, -0.05) is 0 Å². The Morgan fingerprint density at radius 3 is 2.50 bits per heavy atom. The van der Waals surface area contributed by atoms with Crippen molar-refractivity contribution in [3.05, 3.63) is 18.5 Å². The molecule has 78 valence electrons. The molecule has 0 aromatic carbocycles. The molecule has 14 heavy (non-hydrogen) atoms. The van der Waals surface area contributed by atoms with Crippen LogP contribution in [0.2, 0.25) is 0 Å². The molecule has 1 aliphatic heterocycles. The Bertz CT molecular complexity index is 270. The van der Waals surface area contributed by atoms with Crippen molar-refractivity contribution < 1.29 is 21.2 Å². The topological polar surface area (TPSA) is 29.0 Å². The number of alkyl halides is 2. The second-order valence-electron chi connectivity index (χ2n) is 3.43. The molecule has 0 spiro atoms. The molecule has 1 fully saturated rings. The number of hydrogen-bond acceptors (Lipinski definition) is 3. The molecule has 0 radical (unpaired) electrons. The summed E-state index contributed by atoms with van der Waals surface area (Å²) in [4.78, 5) is 13.2. The fraction of sp³-hybridized carbons (Fsp3) is 0.600. The summed E-state index contributed by atoms with van der Waals surface area (Å²) in [5.41, 5.74) is 0. The first-order valence-electron chi connectivity index (χ1n) is 4.90. The Labute approximate surface area is 95.2 Å². The van der Waals surface area contributed by atoms with E-state index in [1.807, 2.05) is 18.5 Å². The standard InChI is InChI=1S/C10H15IN3/c1-11-9-3-7-14(8-4-9)10-12-5-2-6-13-10/h2,5-6,9H,3-4,7-8H2,1H3/q-1. The van der Waals surface area contributed by atoms with Crippen molar-refractivity contribution in [2.75, 3.05) is 22.9 Å². The quantitative estimate of drug-likeness (QED) is 0.475. The van der Waals surface area contributed by atoms with E-state index in [0.717, 1.165) is 23.0 Å². The maximum atomic E-state index is 4.28. The summed E-state index contributed by atoms with van der Waals surface area (Å²) in [6.07, 6.45) is 6.31. The Balaban J connectivity index is 1.96.